The molecule has 4 N–H and O–H groups in total. The largest absolute Gasteiger partial charge is 0.389 e. The van der Waals surface area contributed by atoms with Crippen molar-refractivity contribution in [3.8, 4) is 0 Å². The highest BCUT2D eigenvalue weighted by atomic mass is 35.5. The average Bonchev–Trinajstić information content (AvgIpc) is 3.30. The van der Waals surface area contributed by atoms with E-state index in [2.05, 4.69) is 24.2 Å². The standard InChI is InChI=1S/C19H22ClN5O5S/c1-30-31(28,29)24-14-8-15(17(27)16(14)26)25-7-6-13-18(22-10-23-19(13)25)21-9-11-2-4-12(20)5-3-11/h2-7,10,14-17,24,26-27H,8-9H2,1H3,(H,21,22,23)/t14-,15+,16+,17-/m0/s1. The van der Waals surface area contributed by atoms with E-state index in [1.54, 1.807) is 10.8 Å². The number of rotatable bonds is 7. The first-order valence-electron chi connectivity index (χ1n) is 9.53. The van der Waals surface area contributed by atoms with Gasteiger partial charge in [-0.3, -0.25) is 4.18 Å². The number of nitrogens with zero attached hydrogens (tertiary/aromatic N) is 3. The van der Waals surface area contributed by atoms with E-state index in [0.29, 0.717) is 23.0 Å². The van der Waals surface area contributed by atoms with Crippen molar-refractivity contribution in [1.82, 2.24) is 19.3 Å². The summed E-state index contributed by atoms with van der Waals surface area (Å²) in [5.41, 5.74) is 1.58. The molecule has 1 aromatic carbocycles. The second-order valence-electron chi connectivity index (χ2n) is 7.29. The smallest absolute Gasteiger partial charge is 0.335 e. The molecule has 3 aromatic rings. The van der Waals surface area contributed by atoms with Gasteiger partial charge in [-0.25, -0.2) is 9.97 Å². The fraction of sp³-hybridized carbons (Fsp3) is 0.368. The Morgan fingerprint density at radius 2 is 1.94 bits per heavy atom. The van der Waals surface area contributed by atoms with E-state index in [1.807, 2.05) is 30.3 Å². The lowest BCUT2D eigenvalue weighted by molar-refractivity contribution is 0.0166. The number of aliphatic hydroxyl groups excluding tert-OH is 2. The van der Waals surface area contributed by atoms with Crippen molar-refractivity contribution < 1.29 is 22.8 Å². The van der Waals surface area contributed by atoms with E-state index in [-0.39, 0.29) is 6.42 Å². The number of aliphatic hydroxyl groups is 2. The molecule has 0 saturated heterocycles. The number of halogens is 1. The molecule has 0 bridgehead atoms. The molecule has 2 aromatic heterocycles. The molecule has 12 heteroatoms. The number of hydrogen-bond acceptors (Lipinski definition) is 8. The van der Waals surface area contributed by atoms with E-state index in [1.165, 1.54) is 6.33 Å². The van der Waals surface area contributed by atoms with Gasteiger partial charge in [-0.1, -0.05) is 23.7 Å². The van der Waals surface area contributed by atoms with Crippen LogP contribution in [0.1, 0.15) is 18.0 Å². The van der Waals surface area contributed by atoms with Gasteiger partial charge in [0.1, 0.15) is 23.9 Å². The molecule has 4 atom stereocenters. The van der Waals surface area contributed by atoms with Crippen LogP contribution < -0.4 is 10.0 Å². The van der Waals surface area contributed by atoms with Gasteiger partial charge in [0.05, 0.1) is 30.7 Å². The summed E-state index contributed by atoms with van der Waals surface area (Å²) in [6.45, 7) is 0.528. The van der Waals surface area contributed by atoms with Crippen molar-refractivity contribution in [2.75, 3.05) is 12.4 Å². The molecule has 1 fully saturated rings. The van der Waals surface area contributed by atoms with E-state index >= 15 is 0 Å². The lowest BCUT2D eigenvalue weighted by Crippen LogP contribution is -2.43. The first-order valence-corrected chi connectivity index (χ1v) is 11.3. The molecule has 31 heavy (non-hydrogen) atoms. The Hall–Kier alpha value is -2.28. The molecule has 0 spiro atoms. The van der Waals surface area contributed by atoms with Gasteiger partial charge in [0.2, 0.25) is 0 Å². The van der Waals surface area contributed by atoms with Gasteiger partial charge < -0.3 is 20.1 Å². The maximum Gasteiger partial charge on any atom is 0.335 e. The lowest BCUT2D eigenvalue weighted by atomic mass is 10.2. The Balaban J connectivity index is 1.56. The van der Waals surface area contributed by atoms with Gasteiger partial charge >= 0.3 is 10.3 Å². The van der Waals surface area contributed by atoms with E-state index in [4.69, 9.17) is 11.6 Å². The number of anilines is 1. The number of fused-ring (bicyclic) bond motifs is 1. The maximum absolute atomic E-state index is 11.7. The molecule has 0 unspecified atom stereocenters. The van der Waals surface area contributed by atoms with E-state index in [9.17, 15) is 18.6 Å². The van der Waals surface area contributed by atoms with Gasteiger partial charge in [0.25, 0.3) is 0 Å². The van der Waals surface area contributed by atoms with Crippen molar-refractivity contribution in [3.63, 3.8) is 0 Å². The van der Waals surface area contributed by atoms with Gasteiger partial charge in [0, 0.05) is 17.8 Å². The highest BCUT2D eigenvalue weighted by molar-refractivity contribution is 7.84. The third-order valence-corrected chi connectivity index (χ3v) is 6.69. The summed E-state index contributed by atoms with van der Waals surface area (Å²) in [4.78, 5) is 8.63. The maximum atomic E-state index is 11.7. The Bertz CT molecular complexity index is 1170. The number of nitrogens with one attached hydrogen (secondary N) is 2. The van der Waals surface area contributed by atoms with E-state index < -0.39 is 34.6 Å². The fourth-order valence-electron chi connectivity index (χ4n) is 3.80. The third-order valence-electron chi connectivity index (χ3n) is 5.41. The predicted molar refractivity (Wildman–Crippen MR) is 115 cm³/mol. The van der Waals surface area contributed by atoms with Crippen molar-refractivity contribution in [1.29, 1.82) is 0 Å². The van der Waals surface area contributed by atoms with Crippen molar-refractivity contribution in [2.45, 2.75) is 37.3 Å². The molecule has 10 nitrogen and oxygen atoms in total. The molecule has 4 rings (SSSR count). The first-order chi connectivity index (χ1) is 14.8. The molecule has 1 saturated carbocycles. The normalized spacial score (nSPS) is 24.0. The van der Waals surface area contributed by atoms with Gasteiger partial charge in [-0.15, -0.1) is 0 Å². The first kappa shape index (κ1) is 21.9. The van der Waals surface area contributed by atoms with Crippen LogP contribution in [-0.2, 0) is 21.0 Å². The fourth-order valence-corrected chi connectivity index (χ4v) is 4.63. The van der Waals surface area contributed by atoms with Crippen molar-refractivity contribution >= 4 is 38.8 Å². The van der Waals surface area contributed by atoms with Gasteiger partial charge in [-0.05, 0) is 30.2 Å². The molecular weight excluding hydrogens is 446 g/mol. The van der Waals surface area contributed by atoms with Crippen LogP contribution >= 0.6 is 11.6 Å². The zero-order valence-corrected chi connectivity index (χ0v) is 18.1. The molecule has 2 heterocycles. The number of hydrogen-bond donors (Lipinski definition) is 4. The predicted octanol–water partition coefficient (Wildman–Crippen LogP) is 1.21. The molecule has 0 radical (unpaired) electrons. The summed E-state index contributed by atoms with van der Waals surface area (Å²) in [6, 6.07) is 7.78. The van der Waals surface area contributed by atoms with Crippen LogP contribution in [0.3, 0.4) is 0 Å². The van der Waals surface area contributed by atoms with Crippen LogP contribution in [-0.4, -0.2) is 58.5 Å². The second-order valence-corrected chi connectivity index (χ2v) is 9.21. The Morgan fingerprint density at radius 3 is 2.65 bits per heavy atom. The monoisotopic (exact) mass is 467 g/mol. The quantitative estimate of drug-likeness (QED) is 0.406. The number of aromatic nitrogens is 3. The summed E-state index contributed by atoms with van der Waals surface area (Å²) in [6.07, 6.45) is 0.816. The molecule has 0 amide bonds. The minimum absolute atomic E-state index is 0.159. The topological polar surface area (TPSA) is 139 Å². The Labute approximate surface area is 184 Å². The van der Waals surface area contributed by atoms with Gasteiger partial charge in [0.15, 0.2) is 0 Å². The lowest BCUT2D eigenvalue weighted by Gasteiger charge is -2.19. The van der Waals surface area contributed by atoms with Crippen molar-refractivity contribution in [3.05, 3.63) is 53.4 Å². The van der Waals surface area contributed by atoms with Crippen molar-refractivity contribution in [2.24, 2.45) is 0 Å². The van der Waals surface area contributed by atoms with Crippen LogP contribution in [0, 0.1) is 0 Å². The Morgan fingerprint density at radius 1 is 1.19 bits per heavy atom. The number of benzene rings is 1. The summed E-state index contributed by atoms with van der Waals surface area (Å²) < 4.78 is 31.8. The molecule has 1 aliphatic carbocycles. The molecular formula is C19H22ClN5O5S. The average molecular weight is 468 g/mol. The third kappa shape index (κ3) is 4.52. The second kappa shape index (κ2) is 8.69. The highest BCUT2D eigenvalue weighted by Crippen LogP contribution is 2.35. The summed E-state index contributed by atoms with van der Waals surface area (Å²) in [5, 5.41) is 25.6. The highest BCUT2D eigenvalue weighted by Gasteiger charge is 2.44. The van der Waals surface area contributed by atoms with Crippen LogP contribution in [0.25, 0.3) is 11.0 Å². The Kier molecular flexibility index (Phi) is 6.15. The molecule has 0 aliphatic heterocycles. The molecule has 1 aliphatic rings. The van der Waals surface area contributed by atoms with Crippen LogP contribution in [0.2, 0.25) is 5.02 Å². The van der Waals surface area contributed by atoms with Gasteiger partial charge in [-0.2, -0.15) is 13.1 Å². The molecule has 166 valence electrons. The zero-order valence-electron chi connectivity index (χ0n) is 16.5. The summed E-state index contributed by atoms with van der Waals surface area (Å²) in [7, 11) is -2.99. The van der Waals surface area contributed by atoms with Crippen LogP contribution in [0.5, 0.6) is 0 Å². The summed E-state index contributed by atoms with van der Waals surface area (Å²) >= 11 is 5.92. The minimum Gasteiger partial charge on any atom is -0.389 e. The van der Waals surface area contributed by atoms with E-state index in [0.717, 1.165) is 18.1 Å². The summed E-state index contributed by atoms with van der Waals surface area (Å²) in [5.74, 6) is 0.614. The SMILES string of the molecule is COS(=O)(=O)N[C@H]1C[C@@H](n2ccc3c(NCc4ccc(Cl)cc4)ncnc32)[C@H](O)[C@@H]1O. The van der Waals surface area contributed by atoms with Crippen LogP contribution in [0.4, 0.5) is 5.82 Å². The minimum atomic E-state index is -4.01. The zero-order chi connectivity index (χ0) is 22.2. The van der Waals surface area contributed by atoms with Crippen LogP contribution in [0.15, 0.2) is 42.9 Å².